The average Bonchev–Trinajstić information content (AvgIpc) is 3.15. The maximum absolute atomic E-state index is 13.0. The summed E-state index contributed by atoms with van der Waals surface area (Å²) in [6.07, 6.45) is 3.46. The molecule has 3 rings (SSSR count). The van der Waals surface area contributed by atoms with Gasteiger partial charge in [0.15, 0.2) is 5.11 Å². The van der Waals surface area contributed by atoms with E-state index in [4.69, 9.17) is 17.3 Å². The van der Waals surface area contributed by atoms with Gasteiger partial charge in [-0.15, -0.1) is 0 Å². The van der Waals surface area contributed by atoms with Crippen molar-refractivity contribution in [3.63, 3.8) is 0 Å². The van der Waals surface area contributed by atoms with E-state index >= 15 is 0 Å². The Kier molecular flexibility index (Phi) is 5.41. The van der Waals surface area contributed by atoms with Crippen LogP contribution < -0.4 is 10.6 Å². The number of carbonyl (C=O) groups is 2. The van der Waals surface area contributed by atoms with Gasteiger partial charge < -0.3 is 20.8 Å². The summed E-state index contributed by atoms with van der Waals surface area (Å²) in [4.78, 5) is 24.1. The molecule has 1 fully saturated rings. The molecule has 1 aliphatic carbocycles. The Morgan fingerprint density at radius 1 is 1.04 bits per heavy atom. The first kappa shape index (κ1) is 18.8. The number of hydrogen-bond donors (Lipinski definition) is 4. The lowest BCUT2D eigenvalue weighted by molar-refractivity contribution is -0.125. The van der Waals surface area contributed by atoms with Gasteiger partial charge in [0.05, 0.1) is 5.41 Å². The molecule has 0 radical (unpaired) electrons. The van der Waals surface area contributed by atoms with Gasteiger partial charge in [-0.05, 0) is 48.8 Å². The molecule has 0 bridgehead atoms. The molecular weight excluding hydrogens is 364 g/mol. The van der Waals surface area contributed by atoms with Crippen molar-refractivity contribution in [3.8, 4) is 5.75 Å². The molecule has 1 saturated carbocycles. The number of thiocarbonyl (C=S) groups is 1. The highest BCUT2D eigenvalue weighted by atomic mass is 32.1. The van der Waals surface area contributed by atoms with Gasteiger partial charge in [-0.1, -0.05) is 43.2 Å². The van der Waals surface area contributed by atoms with Crippen LogP contribution in [0.15, 0.2) is 48.5 Å². The molecular formula is C20H20N2O4S. The normalized spacial score (nSPS) is 15.1. The van der Waals surface area contributed by atoms with Crippen LogP contribution >= 0.6 is 12.2 Å². The minimum Gasteiger partial charge on any atom is -0.507 e. The number of aromatic hydroxyl groups is 1. The fourth-order valence-electron chi connectivity index (χ4n) is 3.55. The van der Waals surface area contributed by atoms with E-state index in [9.17, 15) is 14.7 Å². The minimum atomic E-state index is -1.25. The maximum Gasteiger partial charge on any atom is 0.339 e. The van der Waals surface area contributed by atoms with Crippen LogP contribution in [0.1, 0.15) is 41.6 Å². The predicted octanol–water partition coefficient (Wildman–Crippen LogP) is 3.42. The predicted molar refractivity (Wildman–Crippen MR) is 106 cm³/mol. The van der Waals surface area contributed by atoms with Gasteiger partial charge >= 0.3 is 5.97 Å². The van der Waals surface area contributed by atoms with Gasteiger partial charge in [-0.2, -0.15) is 0 Å². The molecule has 0 aromatic heterocycles. The summed E-state index contributed by atoms with van der Waals surface area (Å²) in [6, 6.07) is 13.7. The van der Waals surface area contributed by atoms with Crippen LogP contribution in [-0.4, -0.2) is 27.2 Å². The fraction of sp³-hybridized carbons (Fsp3) is 0.250. The van der Waals surface area contributed by atoms with Crippen LogP contribution in [-0.2, 0) is 10.2 Å². The first-order chi connectivity index (χ1) is 12.9. The zero-order valence-electron chi connectivity index (χ0n) is 14.6. The van der Waals surface area contributed by atoms with Gasteiger partial charge in [0.1, 0.15) is 11.3 Å². The van der Waals surface area contributed by atoms with Crippen molar-refractivity contribution in [2.75, 3.05) is 5.32 Å². The third-order valence-corrected chi connectivity index (χ3v) is 5.13. The molecule has 0 aliphatic heterocycles. The molecule has 27 heavy (non-hydrogen) atoms. The summed E-state index contributed by atoms with van der Waals surface area (Å²) >= 11 is 5.24. The maximum atomic E-state index is 13.0. The summed E-state index contributed by atoms with van der Waals surface area (Å²) in [5.74, 6) is -1.75. The van der Waals surface area contributed by atoms with Crippen molar-refractivity contribution >= 4 is 34.9 Å². The van der Waals surface area contributed by atoms with Crippen LogP contribution in [0.4, 0.5) is 5.69 Å². The van der Waals surface area contributed by atoms with Crippen LogP contribution in [0.25, 0.3) is 0 Å². The highest BCUT2D eigenvalue weighted by Gasteiger charge is 2.42. The Labute approximate surface area is 162 Å². The van der Waals surface area contributed by atoms with Gasteiger partial charge in [-0.3, -0.25) is 4.79 Å². The number of amides is 1. The highest BCUT2D eigenvalue weighted by Crippen LogP contribution is 2.41. The number of aromatic carboxylic acids is 1. The number of nitrogens with one attached hydrogen (secondary N) is 2. The molecule has 2 aromatic carbocycles. The second kappa shape index (κ2) is 7.75. The van der Waals surface area contributed by atoms with E-state index in [0.29, 0.717) is 5.69 Å². The smallest absolute Gasteiger partial charge is 0.339 e. The number of carbonyl (C=O) groups excluding carboxylic acids is 1. The molecule has 6 nitrogen and oxygen atoms in total. The quantitative estimate of drug-likeness (QED) is 0.476. The highest BCUT2D eigenvalue weighted by molar-refractivity contribution is 7.80. The second-order valence-corrected chi connectivity index (χ2v) is 7.01. The molecule has 1 aliphatic rings. The van der Waals surface area contributed by atoms with Gasteiger partial charge in [0, 0.05) is 5.69 Å². The Morgan fingerprint density at radius 2 is 1.70 bits per heavy atom. The second-order valence-electron chi connectivity index (χ2n) is 6.60. The summed E-state index contributed by atoms with van der Waals surface area (Å²) in [5, 5.41) is 24.3. The topological polar surface area (TPSA) is 98.7 Å². The monoisotopic (exact) mass is 384 g/mol. The van der Waals surface area contributed by atoms with Crippen molar-refractivity contribution in [3.05, 3.63) is 59.7 Å². The van der Waals surface area contributed by atoms with E-state index in [1.54, 1.807) is 0 Å². The lowest BCUT2D eigenvalue weighted by atomic mass is 9.78. The molecule has 2 aromatic rings. The average molecular weight is 384 g/mol. The van der Waals surface area contributed by atoms with E-state index in [1.165, 1.54) is 18.2 Å². The molecule has 0 unspecified atom stereocenters. The first-order valence-corrected chi connectivity index (χ1v) is 9.07. The molecule has 4 N–H and O–H groups in total. The number of phenols is 1. The van der Waals surface area contributed by atoms with Crippen molar-refractivity contribution in [1.82, 2.24) is 5.32 Å². The molecule has 7 heteroatoms. The van der Waals surface area contributed by atoms with E-state index in [0.717, 1.165) is 31.2 Å². The number of carboxylic acids is 1. The van der Waals surface area contributed by atoms with Gasteiger partial charge in [0.25, 0.3) is 0 Å². The van der Waals surface area contributed by atoms with Gasteiger partial charge in [0.2, 0.25) is 5.91 Å². The van der Waals surface area contributed by atoms with Gasteiger partial charge in [-0.25, -0.2) is 4.79 Å². The Morgan fingerprint density at radius 3 is 2.33 bits per heavy atom. The molecule has 1 amide bonds. The molecule has 0 heterocycles. The number of hydrogen-bond acceptors (Lipinski definition) is 4. The van der Waals surface area contributed by atoms with Crippen LogP contribution in [0, 0.1) is 0 Å². The van der Waals surface area contributed by atoms with E-state index in [2.05, 4.69) is 10.6 Å². The lowest BCUT2D eigenvalue weighted by Crippen LogP contribution is -2.46. The zero-order valence-corrected chi connectivity index (χ0v) is 15.4. The van der Waals surface area contributed by atoms with Crippen LogP contribution in [0.3, 0.4) is 0 Å². The SMILES string of the molecule is O=C(O)c1cc(NC(=S)NC(=O)C2(c3ccccc3)CCCC2)ccc1O. The Balaban J connectivity index is 1.74. The van der Waals surface area contributed by atoms with Crippen LogP contribution in [0.2, 0.25) is 0 Å². The van der Waals surface area contributed by atoms with E-state index < -0.39 is 11.4 Å². The Hall–Kier alpha value is -2.93. The number of anilines is 1. The van der Waals surface area contributed by atoms with Crippen molar-refractivity contribution in [2.24, 2.45) is 0 Å². The summed E-state index contributed by atoms with van der Waals surface area (Å²) < 4.78 is 0. The standard InChI is InChI=1S/C20H20N2O4S/c23-16-9-8-14(12-15(16)17(24)25)21-19(27)22-18(26)20(10-4-5-11-20)13-6-2-1-3-7-13/h1-3,6-9,12,23H,4-5,10-11H2,(H,24,25)(H2,21,22,26,27). The number of benzene rings is 2. The third-order valence-electron chi connectivity index (χ3n) is 4.93. The first-order valence-electron chi connectivity index (χ1n) is 8.67. The van der Waals surface area contributed by atoms with Crippen molar-refractivity contribution < 1.29 is 19.8 Å². The van der Waals surface area contributed by atoms with E-state index in [-0.39, 0.29) is 22.3 Å². The minimum absolute atomic E-state index is 0.0873. The van der Waals surface area contributed by atoms with Crippen molar-refractivity contribution in [1.29, 1.82) is 0 Å². The molecule has 140 valence electrons. The molecule has 0 atom stereocenters. The number of rotatable bonds is 4. The largest absolute Gasteiger partial charge is 0.507 e. The summed E-state index contributed by atoms with van der Waals surface area (Å²) in [5.41, 5.74) is 0.496. The Bertz CT molecular complexity index is 877. The van der Waals surface area contributed by atoms with Crippen LogP contribution in [0.5, 0.6) is 5.75 Å². The van der Waals surface area contributed by atoms with Crippen molar-refractivity contribution in [2.45, 2.75) is 31.1 Å². The van der Waals surface area contributed by atoms with E-state index in [1.807, 2.05) is 30.3 Å². The molecule has 0 spiro atoms. The fourth-order valence-corrected chi connectivity index (χ4v) is 3.76. The zero-order chi connectivity index (χ0) is 19.4. The third kappa shape index (κ3) is 3.93. The summed E-state index contributed by atoms with van der Waals surface area (Å²) in [6.45, 7) is 0. The number of carboxylic acid groups (broad SMARTS) is 1. The molecule has 0 saturated heterocycles. The summed E-state index contributed by atoms with van der Waals surface area (Å²) in [7, 11) is 0. The lowest BCUT2D eigenvalue weighted by Gasteiger charge is -2.28.